The van der Waals surface area contributed by atoms with Crippen LogP contribution in [-0.4, -0.2) is 34.5 Å². The van der Waals surface area contributed by atoms with E-state index < -0.39 is 15.9 Å². The van der Waals surface area contributed by atoms with Crippen LogP contribution >= 0.6 is 0 Å². The fraction of sp³-hybridized carbons (Fsp3) is 0.333. The summed E-state index contributed by atoms with van der Waals surface area (Å²) in [7, 11) is -3.26. The highest BCUT2D eigenvalue weighted by Crippen LogP contribution is 2.16. The van der Waals surface area contributed by atoms with E-state index >= 15 is 0 Å². The van der Waals surface area contributed by atoms with Crippen LogP contribution in [0.25, 0.3) is 5.69 Å². The zero-order chi connectivity index (χ0) is 14.0. The minimum absolute atomic E-state index is 0.158. The number of pyridine rings is 1. The highest BCUT2D eigenvalue weighted by molar-refractivity contribution is 7.90. The van der Waals surface area contributed by atoms with Crippen LogP contribution in [-0.2, 0) is 9.84 Å². The third-order valence-electron chi connectivity index (χ3n) is 2.75. The molecule has 2 heterocycles. The van der Waals surface area contributed by atoms with Gasteiger partial charge in [0.15, 0.2) is 9.84 Å². The van der Waals surface area contributed by atoms with Crippen LogP contribution < -0.4 is 0 Å². The summed E-state index contributed by atoms with van der Waals surface area (Å²) in [6.07, 6.45) is 5.41. The smallest absolute Gasteiger partial charge is 0.178 e. The van der Waals surface area contributed by atoms with Crippen molar-refractivity contribution in [3.63, 3.8) is 0 Å². The van der Waals surface area contributed by atoms with Crippen molar-refractivity contribution >= 4 is 9.84 Å². The van der Waals surface area contributed by atoms with Gasteiger partial charge in [0.2, 0.25) is 0 Å². The van der Waals surface area contributed by atoms with Crippen molar-refractivity contribution in [2.75, 3.05) is 6.26 Å². The minimum Gasteiger partial charge on any atom is -0.387 e. The maximum Gasteiger partial charge on any atom is 0.178 e. The van der Waals surface area contributed by atoms with E-state index in [0.717, 1.165) is 6.26 Å². The number of nitrogens with zero attached hydrogens (tertiary/aromatic N) is 3. The largest absolute Gasteiger partial charge is 0.387 e. The van der Waals surface area contributed by atoms with Crippen molar-refractivity contribution in [3.05, 3.63) is 36.4 Å². The summed E-state index contributed by atoms with van der Waals surface area (Å²) in [6, 6.07) is 3.44. The normalized spacial score (nSPS) is 13.4. The van der Waals surface area contributed by atoms with E-state index in [1.54, 1.807) is 18.3 Å². The van der Waals surface area contributed by atoms with Crippen molar-refractivity contribution in [1.29, 1.82) is 0 Å². The average molecular weight is 281 g/mol. The molecule has 0 bridgehead atoms. The lowest BCUT2D eigenvalue weighted by Crippen LogP contribution is -2.01. The first-order valence-electron chi connectivity index (χ1n) is 5.81. The Kier molecular flexibility index (Phi) is 3.68. The van der Waals surface area contributed by atoms with Gasteiger partial charge in [-0.1, -0.05) is 6.92 Å². The highest BCUT2D eigenvalue weighted by atomic mass is 32.2. The summed E-state index contributed by atoms with van der Waals surface area (Å²) in [6.45, 7) is 1.87. The fourth-order valence-corrected chi connectivity index (χ4v) is 2.11. The summed E-state index contributed by atoms with van der Waals surface area (Å²) in [5.41, 5.74) is 1.23. The Morgan fingerprint density at radius 2 is 2.11 bits per heavy atom. The van der Waals surface area contributed by atoms with Crippen LogP contribution in [0.2, 0.25) is 0 Å². The molecule has 1 N–H and O–H groups in total. The second-order valence-electron chi connectivity index (χ2n) is 4.26. The zero-order valence-corrected chi connectivity index (χ0v) is 11.5. The number of sulfone groups is 1. The monoisotopic (exact) mass is 281 g/mol. The number of aliphatic hydroxyl groups is 1. The molecule has 102 valence electrons. The SMILES string of the molecule is CCC(O)c1ccc(-n2cc(S(C)(=O)=O)cn2)cn1. The Bertz CT molecular complexity index is 662. The van der Waals surface area contributed by atoms with E-state index in [2.05, 4.69) is 10.1 Å². The molecule has 2 aromatic rings. The molecule has 1 atom stereocenters. The minimum atomic E-state index is -3.26. The summed E-state index contributed by atoms with van der Waals surface area (Å²) < 4.78 is 24.2. The van der Waals surface area contributed by atoms with Crippen LogP contribution in [0.4, 0.5) is 0 Å². The first kappa shape index (κ1) is 13.7. The lowest BCUT2D eigenvalue weighted by atomic mass is 10.2. The summed E-state index contributed by atoms with van der Waals surface area (Å²) >= 11 is 0. The molecule has 0 aliphatic carbocycles. The van der Waals surface area contributed by atoms with Gasteiger partial charge in [-0.3, -0.25) is 4.98 Å². The van der Waals surface area contributed by atoms with Gasteiger partial charge in [0, 0.05) is 12.5 Å². The average Bonchev–Trinajstić information content (AvgIpc) is 2.87. The molecule has 0 aliphatic heterocycles. The molecular weight excluding hydrogens is 266 g/mol. The van der Waals surface area contributed by atoms with E-state index in [4.69, 9.17) is 0 Å². The maximum atomic E-state index is 11.4. The van der Waals surface area contributed by atoms with Crippen LogP contribution in [0.3, 0.4) is 0 Å². The molecule has 19 heavy (non-hydrogen) atoms. The second-order valence-corrected chi connectivity index (χ2v) is 6.27. The number of hydrogen-bond donors (Lipinski definition) is 1. The summed E-state index contributed by atoms with van der Waals surface area (Å²) in [5.74, 6) is 0. The topological polar surface area (TPSA) is 85.1 Å². The zero-order valence-electron chi connectivity index (χ0n) is 10.7. The molecular formula is C12H15N3O3S. The quantitative estimate of drug-likeness (QED) is 0.907. The summed E-state index contributed by atoms with van der Waals surface area (Å²) in [5, 5.41) is 13.6. The van der Waals surface area contributed by atoms with Crippen LogP contribution in [0.1, 0.15) is 25.1 Å². The van der Waals surface area contributed by atoms with Crippen molar-refractivity contribution in [2.24, 2.45) is 0 Å². The van der Waals surface area contributed by atoms with Gasteiger partial charge in [0.25, 0.3) is 0 Å². The number of rotatable bonds is 4. The number of hydrogen-bond acceptors (Lipinski definition) is 5. The second kappa shape index (κ2) is 5.10. The van der Waals surface area contributed by atoms with Crippen molar-refractivity contribution in [1.82, 2.24) is 14.8 Å². The number of aromatic nitrogens is 3. The predicted molar refractivity (Wildman–Crippen MR) is 69.7 cm³/mol. The molecule has 7 heteroatoms. The van der Waals surface area contributed by atoms with Gasteiger partial charge < -0.3 is 5.11 Å². The molecule has 6 nitrogen and oxygen atoms in total. The molecule has 0 spiro atoms. The molecule has 0 aromatic carbocycles. The van der Waals surface area contributed by atoms with Crippen LogP contribution in [0.15, 0.2) is 35.6 Å². The lowest BCUT2D eigenvalue weighted by molar-refractivity contribution is 0.169. The summed E-state index contributed by atoms with van der Waals surface area (Å²) in [4.78, 5) is 4.29. The van der Waals surface area contributed by atoms with Gasteiger partial charge in [-0.05, 0) is 18.6 Å². The third-order valence-corrected chi connectivity index (χ3v) is 3.82. The van der Waals surface area contributed by atoms with Crippen LogP contribution in [0.5, 0.6) is 0 Å². The van der Waals surface area contributed by atoms with Crippen molar-refractivity contribution in [3.8, 4) is 5.69 Å². The van der Waals surface area contributed by atoms with Gasteiger partial charge >= 0.3 is 0 Å². The van der Waals surface area contributed by atoms with Crippen molar-refractivity contribution in [2.45, 2.75) is 24.3 Å². The Balaban J connectivity index is 2.30. The van der Waals surface area contributed by atoms with E-state index in [0.29, 0.717) is 17.8 Å². The van der Waals surface area contributed by atoms with Gasteiger partial charge in [-0.15, -0.1) is 0 Å². The molecule has 1 unspecified atom stereocenters. The molecule has 0 aliphatic rings. The maximum absolute atomic E-state index is 11.4. The predicted octanol–water partition coefficient (Wildman–Crippen LogP) is 1.11. The van der Waals surface area contributed by atoms with E-state index in [1.165, 1.54) is 17.1 Å². The first-order valence-corrected chi connectivity index (χ1v) is 7.70. The molecule has 0 amide bonds. The molecule has 0 saturated carbocycles. The first-order chi connectivity index (χ1) is 8.91. The van der Waals surface area contributed by atoms with Gasteiger partial charge in [-0.25, -0.2) is 13.1 Å². The number of aliphatic hydroxyl groups excluding tert-OH is 1. The Labute approximate surface area is 111 Å². The molecule has 0 fully saturated rings. The van der Waals surface area contributed by atoms with E-state index in [-0.39, 0.29) is 4.90 Å². The third kappa shape index (κ3) is 2.99. The Morgan fingerprint density at radius 3 is 2.58 bits per heavy atom. The molecule has 2 rings (SSSR count). The van der Waals surface area contributed by atoms with Crippen molar-refractivity contribution < 1.29 is 13.5 Å². The highest BCUT2D eigenvalue weighted by Gasteiger charge is 2.11. The Morgan fingerprint density at radius 1 is 1.37 bits per heavy atom. The lowest BCUT2D eigenvalue weighted by Gasteiger charge is -2.07. The van der Waals surface area contributed by atoms with Gasteiger partial charge in [0.05, 0.1) is 29.9 Å². The molecule has 2 aromatic heterocycles. The van der Waals surface area contributed by atoms with Gasteiger partial charge in [0.1, 0.15) is 4.90 Å². The fourth-order valence-electron chi connectivity index (χ4n) is 1.58. The Hall–Kier alpha value is -1.73. The van der Waals surface area contributed by atoms with Gasteiger partial charge in [-0.2, -0.15) is 5.10 Å². The van der Waals surface area contributed by atoms with E-state index in [9.17, 15) is 13.5 Å². The molecule has 0 saturated heterocycles. The molecule has 0 radical (unpaired) electrons. The standard InChI is InChI=1S/C12H15N3O3S/c1-3-12(16)11-5-4-9(6-13-11)15-8-10(7-14-15)19(2,17)18/h4-8,12,16H,3H2,1-2H3. The van der Waals surface area contributed by atoms with E-state index in [1.807, 2.05) is 6.92 Å². The van der Waals surface area contributed by atoms with Crippen LogP contribution in [0, 0.1) is 0 Å².